The zero-order valence-corrected chi connectivity index (χ0v) is 13.6. The predicted molar refractivity (Wildman–Crippen MR) is 85.1 cm³/mol. The zero-order valence-electron chi connectivity index (χ0n) is 12.8. The van der Waals surface area contributed by atoms with Crippen LogP contribution in [0.15, 0.2) is 35.7 Å². The molecule has 1 saturated carbocycles. The van der Waals surface area contributed by atoms with Crippen molar-refractivity contribution in [3.05, 3.63) is 36.4 Å². The minimum atomic E-state index is -4.05. The van der Waals surface area contributed by atoms with Crippen LogP contribution in [0.3, 0.4) is 0 Å². The highest BCUT2D eigenvalue weighted by Gasteiger charge is 2.55. The zero-order chi connectivity index (χ0) is 16.8. The van der Waals surface area contributed by atoms with Crippen molar-refractivity contribution >= 4 is 27.5 Å². The van der Waals surface area contributed by atoms with Crippen LogP contribution in [0, 0.1) is 11.3 Å². The van der Waals surface area contributed by atoms with E-state index in [4.69, 9.17) is 0 Å². The molecule has 7 heteroatoms. The van der Waals surface area contributed by atoms with Gasteiger partial charge in [0.05, 0.1) is 11.1 Å². The van der Waals surface area contributed by atoms with E-state index in [-0.39, 0.29) is 22.4 Å². The van der Waals surface area contributed by atoms with Crippen molar-refractivity contribution in [2.45, 2.75) is 31.1 Å². The van der Waals surface area contributed by atoms with Crippen LogP contribution >= 0.6 is 0 Å². The van der Waals surface area contributed by atoms with Gasteiger partial charge in [0, 0.05) is 6.42 Å². The van der Waals surface area contributed by atoms with E-state index in [0.29, 0.717) is 19.3 Å². The van der Waals surface area contributed by atoms with Gasteiger partial charge in [0.2, 0.25) is 11.8 Å². The average molecular weight is 334 g/mol. The molecule has 1 fully saturated rings. The Hall–Kier alpha value is -2.15. The monoisotopic (exact) mass is 334 g/mol. The SMILES string of the molecule is C=C[C@@H]1C[C@]1(C)C(=O)NS(=O)(=O)c1cccc2c1NC(=O)CC2. The van der Waals surface area contributed by atoms with Gasteiger partial charge in [0.1, 0.15) is 4.90 Å². The van der Waals surface area contributed by atoms with E-state index in [1.54, 1.807) is 25.1 Å². The molecule has 2 N–H and O–H groups in total. The summed E-state index contributed by atoms with van der Waals surface area (Å²) in [5.74, 6) is -0.781. The van der Waals surface area contributed by atoms with Crippen molar-refractivity contribution < 1.29 is 18.0 Å². The second-order valence-corrected chi connectivity index (χ2v) is 7.89. The Balaban J connectivity index is 1.91. The fourth-order valence-corrected chi connectivity index (χ4v) is 4.19. The molecule has 2 atom stereocenters. The number of hydrogen-bond acceptors (Lipinski definition) is 4. The van der Waals surface area contributed by atoms with Crippen LogP contribution < -0.4 is 10.0 Å². The number of anilines is 1. The lowest BCUT2D eigenvalue weighted by Gasteiger charge is -2.20. The first-order valence-electron chi connectivity index (χ1n) is 7.39. The van der Waals surface area contributed by atoms with Crippen molar-refractivity contribution in [3.8, 4) is 0 Å². The molecular formula is C16H18N2O4S. The Kier molecular flexibility index (Phi) is 3.55. The number of amides is 2. The van der Waals surface area contributed by atoms with Crippen LogP contribution in [0.25, 0.3) is 0 Å². The molecule has 1 aromatic carbocycles. The highest BCUT2D eigenvalue weighted by atomic mass is 32.2. The smallest absolute Gasteiger partial charge is 0.266 e. The molecule has 1 heterocycles. The molecule has 3 rings (SSSR count). The van der Waals surface area contributed by atoms with Crippen LogP contribution in [0.1, 0.15) is 25.3 Å². The van der Waals surface area contributed by atoms with Gasteiger partial charge in [-0.05, 0) is 30.4 Å². The van der Waals surface area contributed by atoms with Gasteiger partial charge >= 0.3 is 0 Å². The van der Waals surface area contributed by atoms with E-state index in [1.807, 2.05) is 0 Å². The summed E-state index contributed by atoms with van der Waals surface area (Å²) in [6.07, 6.45) is 3.05. The number of fused-ring (bicyclic) bond motifs is 1. The molecular weight excluding hydrogens is 316 g/mol. The van der Waals surface area contributed by atoms with Crippen LogP contribution in [0.2, 0.25) is 0 Å². The minimum Gasteiger partial charge on any atom is -0.325 e. The third kappa shape index (κ3) is 2.65. The van der Waals surface area contributed by atoms with Crippen LogP contribution in [-0.2, 0) is 26.0 Å². The van der Waals surface area contributed by atoms with Gasteiger partial charge in [-0.3, -0.25) is 9.59 Å². The fraction of sp³-hybridized carbons (Fsp3) is 0.375. The molecule has 0 spiro atoms. The summed E-state index contributed by atoms with van der Waals surface area (Å²) in [5.41, 5.74) is 0.291. The molecule has 0 saturated heterocycles. The number of nitrogens with one attached hydrogen (secondary N) is 2. The summed E-state index contributed by atoms with van der Waals surface area (Å²) in [4.78, 5) is 23.8. The number of sulfonamides is 1. The van der Waals surface area contributed by atoms with Gasteiger partial charge in [0.25, 0.3) is 10.0 Å². The van der Waals surface area contributed by atoms with E-state index in [9.17, 15) is 18.0 Å². The summed E-state index contributed by atoms with van der Waals surface area (Å²) in [5, 5.41) is 2.60. The molecule has 6 nitrogen and oxygen atoms in total. The summed E-state index contributed by atoms with van der Waals surface area (Å²) in [6, 6.07) is 4.77. The molecule has 1 aromatic rings. The largest absolute Gasteiger partial charge is 0.325 e. The first-order chi connectivity index (χ1) is 10.8. The molecule has 122 valence electrons. The van der Waals surface area contributed by atoms with Gasteiger partial charge in [0.15, 0.2) is 0 Å². The number of aryl methyl sites for hydroxylation is 1. The average Bonchev–Trinajstić information content (AvgIpc) is 3.18. The Labute approximate surface area is 135 Å². The highest BCUT2D eigenvalue weighted by Crippen LogP contribution is 2.53. The van der Waals surface area contributed by atoms with Crippen molar-refractivity contribution in [2.24, 2.45) is 11.3 Å². The maximum atomic E-state index is 12.6. The summed E-state index contributed by atoms with van der Waals surface area (Å²) >= 11 is 0. The lowest BCUT2D eigenvalue weighted by molar-refractivity contribution is -0.124. The minimum absolute atomic E-state index is 0.0120. The Morgan fingerprint density at radius 3 is 2.83 bits per heavy atom. The molecule has 2 aliphatic rings. The number of rotatable bonds is 4. The first kappa shape index (κ1) is 15.7. The first-order valence-corrected chi connectivity index (χ1v) is 8.88. The molecule has 0 unspecified atom stereocenters. The fourth-order valence-electron chi connectivity index (χ4n) is 2.90. The van der Waals surface area contributed by atoms with Crippen LogP contribution in [0.4, 0.5) is 5.69 Å². The lowest BCUT2D eigenvalue weighted by atomic mass is 10.0. The molecule has 0 aromatic heterocycles. The van der Waals surface area contributed by atoms with Gasteiger partial charge in [-0.25, -0.2) is 13.1 Å². The molecule has 1 aliphatic carbocycles. The van der Waals surface area contributed by atoms with Gasteiger partial charge in [-0.15, -0.1) is 6.58 Å². The van der Waals surface area contributed by atoms with Crippen molar-refractivity contribution in [2.75, 3.05) is 5.32 Å². The van der Waals surface area contributed by atoms with E-state index in [2.05, 4.69) is 16.6 Å². The van der Waals surface area contributed by atoms with E-state index >= 15 is 0 Å². The quantitative estimate of drug-likeness (QED) is 0.818. The Bertz CT molecular complexity index is 815. The number of para-hydroxylation sites is 1. The number of hydrogen-bond donors (Lipinski definition) is 2. The predicted octanol–water partition coefficient (Wildman–Crippen LogP) is 1.59. The third-order valence-electron chi connectivity index (χ3n) is 4.62. The third-order valence-corrected chi connectivity index (χ3v) is 5.99. The van der Waals surface area contributed by atoms with E-state index < -0.39 is 21.3 Å². The Morgan fingerprint density at radius 1 is 1.43 bits per heavy atom. The maximum absolute atomic E-state index is 12.6. The highest BCUT2D eigenvalue weighted by molar-refractivity contribution is 7.90. The van der Waals surface area contributed by atoms with Gasteiger partial charge < -0.3 is 5.32 Å². The molecule has 0 radical (unpaired) electrons. The van der Waals surface area contributed by atoms with Crippen molar-refractivity contribution in [1.29, 1.82) is 0 Å². The molecule has 2 amide bonds. The van der Waals surface area contributed by atoms with Crippen LogP contribution in [-0.4, -0.2) is 20.2 Å². The standard InChI is InChI=1S/C16H18N2O4S/c1-3-11-9-16(11,2)15(20)18-23(21,22)12-6-4-5-10-7-8-13(19)17-14(10)12/h3-6,11H,1,7-9H2,2H3,(H,17,19)(H,18,20)/t11-,16+/m1/s1. The lowest BCUT2D eigenvalue weighted by Crippen LogP contribution is -2.37. The summed E-state index contributed by atoms with van der Waals surface area (Å²) < 4.78 is 27.3. The van der Waals surface area contributed by atoms with E-state index in [1.165, 1.54) is 6.07 Å². The molecule has 0 bridgehead atoms. The normalized spacial score (nSPS) is 26.0. The summed E-state index contributed by atoms with van der Waals surface area (Å²) in [6.45, 7) is 5.36. The molecule has 23 heavy (non-hydrogen) atoms. The second kappa shape index (κ2) is 5.19. The number of carbonyl (C=O) groups excluding carboxylic acids is 2. The van der Waals surface area contributed by atoms with E-state index in [0.717, 1.165) is 5.56 Å². The Morgan fingerprint density at radius 2 is 2.17 bits per heavy atom. The van der Waals surface area contributed by atoms with Crippen molar-refractivity contribution in [3.63, 3.8) is 0 Å². The number of carbonyl (C=O) groups is 2. The van der Waals surface area contributed by atoms with Gasteiger partial charge in [-0.2, -0.15) is 0 Å². The number of allylic oxidation sites excluding steroid dienone is 1. The number of benzene rings is 1. The van der Waals surface area contributed by atoms with Crippen LogP contribution in [0.5, 0.6) is 0 Å². The molecule has 1 aliphatic heterocycles. The second-order valence-electron chi connectivity index (χ2n) is 6.24. The summed E-state index contributed by atoms with van der Waals surface area (Å²) in [7, 11) is -4.05. The van der Waals surface area contributed by atoms with Gasteiger partial charge in [-0.1, -0.05) is 25.1 Å². The topological polar surface area (TPSA) is 92.3 Å². The maximum Gasteiger partial charge on any atom is 0.266 e. The van der Waals surface area contributed by atoms with Crippen molar-refractivity contribution in [1.82, 2.24) is 4.72 Å².